The molecule has 4 heterocycles. The Morgan fingerprint density at radius 1 is 1.11 bits per heavy atom. The Labute approximate surface area is 160 Å². The third-order valence-electron chi connectivity index (χ3n) is 4.98. The molecule has 4 aromatic rings. The van der Waals surface area contributed by atoms with Crippen LogP contribution in [0.4, 0.5) is 0 Å². The number of aromatic nitrogens is 5. The lowest BCUT2D eigenvalue weighted by atomic mass is 10.1. The summed E-state index contributed by atoms with van der Waals surface area (Å²) in [5.41, 5.74) is 2.28. The van der Waals surface area contributed by atoms with E-state index in [1.54, 1.807) is 12.4 Å². The topological polar surface area (TPSA) is 89.9 Å². The summed E-state index contributed by atoms with van der Waals surface area (Å²) in [7, 11) is 0. The minimum Gasteiger partial charge on any atom is -0.356 e. The number of carbonyl (C=O) groups is 1. The minimum absolute atomic E-state index is 0.0392. The van der Waals surface area contributed by atoms with E-state index in [2.05, 4.69) is 20.2 Å². The molecular weight excluding hydrogens is 356 g/mol. The van der Waals surface area contributed by atoms with Gasteiger partial charge in [0.2, 0.25) is 5.91 Å². The van der Waals surface area contributed by atoms with Crippen molar-refractivity contribution < 1.29 is 9.32 Å². The van der Waals surface area contributed by atoms with Crippen LogP contribution in [0.5, 0.6) is 0 Å². The highest BCUT2D eigenvalue weighted by Gasteiger charge is 2.23. The molecule has 1 aliphatic rings. The first kappa shape index (κ1) is 16.6. The minimum atomic E-state index is 0.0392. The van der Waals surface area contributed by atoms with E-state index in [1.807, 2.05) is 46.0 Å². The maximum atomic E-state index is 12.8. The smallest absolute Gasteiger partial charge is 0.228 e. The molecule has 0 radical (unpaired) electrons. The first-order chi connectivity index (χ1) is 13.8. The van der Waals surface area contributed by atoms with Gasteiger partial charge in [-0.3, -0.25) is 9.78 Å². The van der Waals surface area contributed by atoms with Crippen LogP contribution < -0.4 is 0 Å². The number of rotatable bonds is 3. The predicted octanol–water partition coefficient (Wildman–Crippen LogP) is 2.11. The monoisotopic (exact) mass is 374 g/mol. The molecule has 0 spiro atoms. The SMILES string of the molecule is O=C(Cc1noc2ccccc12)N1CCc2nc(-c3cccnc3)nn2CC1. The number of para-hydroxylation sites is 1. The Morgan fingerprint density at radius 2 is 2.04 bits per heavy atom. The first-order valence-electron chi connectivity index (χ1n) is 9.23. The van der Waals surface area contributed by atoms with E-state index in [0.29, 0.717) is 43.2 Å². The van der Waals surface area contributed by atoms with Crippen molar-refractivity contribution in [1.29, 1.82) is 0 Å². The van der Waals surface area contributed by atoms with Crippen LogP contribution in [0.15, 0.2) is 53.3 Å². The molecule has 1 amide bonds. The summed E-state index contributed by atoms with van der Waals surface area (Å²) >= 11 is 0. The van der Waals surface area contributed by atoms with Crippen molar-refractivity contribution in [2.24, 2.45) is 0 Å². The molecule has 5 rings (SSSR count). The van der Waals surface area contributed by atoms with Gasteiger partial charge in [0, 0.05) is 42.9 Å². The number of benzene rings is 1. The maximum absolute atomic E-state index is 12.8. The normalized spacial score (nSPS) is 14.1. The highest BCUT2D eigenvalue weighted by molar-refractivity contribution is 5.86. The van der Waals surface area contributed by atoms with Gasteiger partial charge in [-0.15, -0.1) is 0 Å². The Kier molecular flexibility index (Phi) is 4.08. The van der Waals surface area contributed by atoms with Gasteiger partial charge >= 0.3 is 0 Å². The zero-order chi connectivity index (χ0) is 18.9. The molecule has 8 heteroatoms. The standard InChI is InChI=1S/C20H18N6O2/c27-19(12-16-15-5-1-2-6-17(15)28-24-16)25-9-7-18-22-20(23-26(18)11-10-25)14-4-3-8-21-13-14/h1-6,8,13H,7,9-12H2. The molecule has 140 valence electrons. The molecule has 0 unspecified atom stereocenters. The van der Waals surface area contributed by atoms with E-state index in [9.17, 15) is 4.79 Å². The van der Waals surface area contributed by atoms with Crippen LogP contribution in [0.3, 0.4) is 0 Å². The molecule has 0 N–H and O–H groups in total. The number of fused-ring (bicyclic) bond motifs is 2. The van der Waals surface area contributed by atoms with Crippen LogP contribution in [0, 0.1) is 0 Å². The Morgan fingerprint density at radius 3 is 2.93 bits per heavy atom. The largest absolute Gasteiger partial charge is 0.356 e. The zero-order valence-corrected chi connectivity index (χ0v) is 15.2. The quantitative estimate of drug-likeness (QED) is 0.546. The number of amides is 1. The van der Waals surface area contributed by atoms with Crippen LogP contribution in [-0.2, 0) is 24.2 Å². The second kappa shape index (κ2) is 6.88. The maximum Gasteiger partial charge on any atom is 0.228 e. The number of nitrogens with zero attached hydrogens (tertiary/aromatic N) is 6. The summed E-state index contributed by atoms with van der Waals surface area (Å²) in [6.45, 7) is 1.82. The average molecular weight is 374 g/mol. The van der Waals surface area contributed by atoms with Crippen LogP contribution in [0.25, 0.3) is 22.4 Å². The molecule has 0 bridgehead atoms. The molecule has 1 aliphatic heterocycles. The summed E-state index contributed by atoms with van der Waals surface area (Å²) in [5, 5.41) is 9.55. The van der Waals surface area contributed by atoms with Crippen molar-refractivity contribution in [3.8, 4) is 11.4 Å². The zero-order valence-electron chi connectivity index (χ0n) is 15.2. The number of pyridine rings is 1. The van der Waals surface area contributed by atoms with Crippen molar-refractivity contribution in [3.63, 3.8) is 0 Å². The Bertz CT molecular complexity index is 1110. The first-order valence-corrected chi connectivity index (χ1v) is 9.23. The molecule has 0 saturated carbocycles. The van der Waals surface area contributed by atoms with Crippen molar-refractivity contribution in [3.05, 3.63) is 60.3 Å². The lowest BCUT2D eigenvalue weighted by Crippen LogP contribution is -2.35. The summed E-state index contributed by atoms with van der Waals surface area (Å²) in [6, 6.07) is 11.4. The second-order valence-electron chi connectivity index (χ2n) is 6.75. The van der Waals surface area contributed by atoms with Gasteiger partial charge in [-0.25, -0.2) is 9.67 Å². The van der Waals surface area contributed by atoms with Crippen LogP contribution in [0.2, 0.25) is 0 Å². The molecule has 0 fully saturated rings. The van der Waals surface area contributed by atoms with Gasteiger partial charge in [0.25, 0.3) is 0 Å². The van der Waals surface area contributed by atoms with Crippen molar-refractivity contribution >= 4 is 16.9 Å². The van der Waals surface area contributed by atoms with E-state index in [1.165, 1.54) is 0 Å². The number of hydrogen-bond acceptors (Lipinski definition) is 6. The van der Waals surface area contributed by atoms with Gasteiger partial charge in [-0.1, -0.05) is 17.3 Å². The molecule has 8 nitrogen and oxygen atoms in total. The molecule has 28 heavy (non-hydrogen) atoms. The lowest BCUT2D eigenvalue weighted by molar-refractivity contribution is -0.130. The second-order valence-corrected chi connectivity index (χ2v) is 6.75. The fourth-order valence-electron chi connectivity index (χ4n) is 3.49. The third kappa shape index (κ3) is 3.02. The van der Waals surface area contributed by atoms with Crippen molar-refractivity contribution in [2.45, 2.75) is 19.4 Å². The van der Waals surface area contributed by atoms with Gasteiger partial charge < -0.3 is 9.42 Å². The Hall–Kier alpha value is -3.55. The molecule has 3 aromatic heterocycles. The predicted molar refractivity (Wildman–Crippen MR) is 101 cm³/mol. The fourth-order valence-corrected chi connectivity index (χ4v) is 3.49. The van der Waals surface area contributed by atoms with E-state index in [0.717, 1.165) is 16.8 Å². The van der Waals surface area contributed by atoms with E-state index in [-0.39, 0.29) is 12.3 Å². The molecular formula is C20H18N6O2. The van der Waals surface area contributed by atoms with Crippen molar-refractivity contribution in [2.75, 3.05) is 13.1 Å². The van der Waals surface area contributed by atoms with Gasteiger partial charge in [0.05, 0.1) is 13.0 Å². The fraction of sp³-hybridized carbons (Fsp3) is 0.250. The van der Waals surface area contributed by atoms with E-state index in [4.69, 9.17) is 4.52 Å². The van der Waals surface area contributed by atoms with Gasteiger partial charge in [-0.05, 0) is 24.3 Å². The summed E-state index contributed by atoms with van der Waals surface area (Å²) in [5.74, 6) is 1.61. The molecule has 0 atom stereocenters. The molecule has 0 saturated heterocycles. The summed E-state index contributed by atoms with van der Waals surface area (Å²) < 4.78 is 7.20. The van der Waals surface area contributed by atoms with Crippen molar-refractivity contribution in [1.82, 2.24) is 29.8 Å². The highest BCUT2D eigenvalue weighted by Crippen LogP contribution is 2.20. The average Bonchev–Trinajstić information content (AvgIpc) is 3.28. The summed E-state index contributed by atoms with van der Waals surface area (Å²) in [6.07, 6.45) is 4.38. The Balaban J connectivity index is 1.29. The van der Waals surface area contributed by atoms with Crippen LogP contribution in [0.1, 0.15) is 11.5 Å². The van der Waals surface area contributed by atoms with E-state index >= 15 is 0 Å². The lowest BCUT2D eigenvalue weighted by Gasteiger charge is -2.19. The molecule has 0 aliphatic carbocycles. The van der Waals surface area contributed by atoms with Crippen LogP contribution in [-0.4, -0.2) is 48.8 Å². The summed E-state index contributed by atoms with van der Waals surface area (Å²) in [4.78, 5) is 23.4. The number of carbonyl (C=O) groups excluding carboxylic acids is 1. The highest BCUT2D eigenvalue weighted by atomic mass is 16.5. The third-order valence-corrected chi connectivity index (χ3v) is 4.98. The van der Waals surface area contributed by atoms with E-state index < -0.39 is 0 Å². The van der Waals surface area contributed by atoms with Crippen LogP contribution >= 0.6 is 0 Å². The van der Waals surface area contributed by atoms with Gasteiger partial charge in [0.1, 0.15) is 11.5 Å². The van der Waals surface area contributed by atoms with Gasteiger partial charge in [0.15, 0.2) is 11.4 Å². The number of hydrogen-bond donors (Lipinski definition) is 0. The molecule has 1 aromatic carbocycles. The van der Waals surface area contributed by atoms with Gasteiger partial charge in [-0.2, -0.15) is 5.10 Å².